The van der Waals surface area contributed by atoms with E-state index >= 15 is 0 Å². The Labute approximate surface area is 133 Å². The van der Waals surface area contributed by atoms with Gasteiger partial charge in [-0.25, -0.2) is 9.18 Å². The molecule has 1 aliphatic rings. The first kappa shape index (κ1) is 16.5. The van der Waals surface area contributed by atoms with Crippen LogP contribution in [0.15, 0.2) is 18.2 Å². The first-order valence-corrected chi connectivity index (χ1v) is 7.59. The van der Waals surface area contributed by atoms with Crippen LogP contribution in [0.2, 0.25) is 5.02 Å². The van der Waals surface area contributed by atoms with Gasteiger partial charge in [-0.3, -0.25) is 4.79 Å². The maximum absolute atomic E-state index is 13.0. The second kappa shape index (κ2) is 7.45. The monoisotopic (exact) mass is 327 g/mol. The molecule has 0 heterocycles. The van der Waals surface area contributed by atoms with Crippen molar-refractivity contribution in [2.24, 2.45) is 5.92 Å². The first-order valence-electron chi connectivity index (χ1n) is 7.21. The minimum Gasteiger partial charge on any atom is -0.354 e. The van der Waals surface area contributed by atoms with E-state index in [4.69, 9.17) is 11.6 Å². The molecule has 1 aromatic rings. The van der Waals surface area contributed by atoms with Crippen LogP contribution < -0.4 is 16.0 Å². The van der Waals surface area contributed by atoms with Gasteiger partial charge in [0.25, 0.3) is 0 Å². The Morgan fingerprint density at radius 3 is 2.73 bits per heavy atom. The number of carbonyl (C=O) groups is 2. The van der Waals surface area contributed by atoms with Gasteiger partial charge >= 0.3 is 6.03 Å². The molecule has 1 fully saturated rings. The summed E-state index contributed by atoms with van der Waals surface area (Å²) in [7, 11) is 0. The molecule has 0 radical (unpaired) electrons. The van der Waals surface area contributed by atoms with Crippen LogP contribution in [-0.2, 0) is 4.79 Å². The molecule has 0 bridgehead atoms. The lowest BCUT2D eigenvalue weighted by molar-refractivity contribution is -0.120. The minimum atomic E-state index is -0.477. The normalized spacial score (nSPS) is 15.0. The van der Waals surface area contributed by atoms with Crippen molar-refractivity contribution in [1.29, 1.82) is 0 Å². The second-order valence-corrected chi connectivity index (χ2v) is 5.87. The summed E-state index contributed by atoms with van der Waals surface area (Å²) in [5, 5.41) is 8.13. The molecule has 0 spiro atoms. The molecule has 1 saturated carbocycles. The number of carbonyl (C=O) groups excluding carboxylic acids is 2. The molecule has 5 nitrogen and oxygen atoms in total. The van der Waals surface area contributed by atoms with Crippen molar-refractivity contribution >= 4 is 23.5 Å². The van der Waals surface area contributed by atoms with Crippen LogP contribution in [0.25, 0.3) is 0 Å². The van der Waals surface area contributed by atoms with E-state index in [0.29, 0.717) is 18.0 Å². The summed E-state index contributed by atoms with van der Waals surface area (Å²) < 4.78 is 13.0. The van der Waals surface area contributed by atoms with Gasteiger partial charge in [-0.2, -0.15) is 0 Å². The van der Waals surface area contributed by atoms with Crippen molar-refractivity contribution in [3.8, 4) is 0 Å². The van der Waals surface area contributed by atoms with E-state index in [1.54, 1.807) is 6.92 Å². The largest absolute Gasteiger partial charge is 0.354 e. The summed E-state index contributed by atoms with van der Waals surface area (Å²) in [6.07, 6.45) is 2.31. The first-order chi connectivity index (χ1) is 10.5. The molecule has 0 aliphatic heterocycles. The predicted octanol–water partition coefficient (Wildman–Crippen LogP) is 2.37. The zero-order chi connectivity index (χ0) is 16.1. The molecule has 3 amide bonds. The van der Waals surface area contributed by atoms with Crippen molar-refractivity contribution in [2.45, 2.75) is 25.8 Å². The van der Waals surface area contributed by atoms with E-state index in [-0.39, 0.29) is 17.5 Å². The highest BCUT2D eigenvalue weighted by Gasteiger charge is 2.21. The van der Waals surface area contributed by atoms with Crippen molar-refractivity contribution in [3.63, 3.8) is 0 Å². The Balaban J connectivity index is 1.74. The lowest BCUT2D eigenvalue weighted by Crippen LogP contribution is -2.43. The Morgan fingerprint density at radius 1 is 1.36 bits per heavy atom. The number of amides is 3. The molecule has 3 N–H and O–H groups in total. The molecule has 1 atom stereocenters. The minimum absolute atomic E-state index is 0.0809. The molecule has 0 saturated heterocycles. The number of rotatable bonds is 6. The smallest absolute Gasteiger partial charge is 0.315 e. The Morgan fingerprint density at radius 2 is 2.09 bits per heavy atom. The number of benzene rings is 1. The van der Waals surface area contributed by atoms with Crippen LogP contribution in [0.4, 0.5) is 9.18 Å². The highest BCUT2D eigenvalue weighted by molar-refractivity contribution is 6.31. The van der Waals surface area contributed by atoms with Gasteiger partial charge in [0.2, 0.25) is 5.91 Å². The van der Waals surface area contributed by atoms with E-state index in [2.05, 4.69) is 16.0 Å². The number of nitrogens with one attached hydrogen (secondary N) is 3. The predicted molar refractivity (Wildman–Crippen MR) is 82.1 cm³/mol. The van der Waals surface area contributed by atoms with Crippen molar-refractivity contribution in [3.05, 3.63) is 34.6 Å². The summed E-state index contributed by atoms with van der Waals surface area (Å²) in [6, 6.07) is 3.11. The van der Waals surface area contributed by atoms with Crippen LogP contribution in [0.1, 0.15) is 31.4 Å². The maximum atomic E-state index is 13.0. The third-order valence-electron chi connectivity index (χ3n) is 3.47. The third-order valence-corrected chi connectivity index (χ3v) is 3.80. The van der Waals surface area contributed by atoms with Gasteiger partial charge in [0.05, 0.1) is 12.6 Å². The van der Waals surface area contributed by atoms with Gasteiger partial charge in [-0.1, -0.05) is 17.7 Å². The average molecular weight is 328 g/mol. The number of hydrogen-bond acceptors (Lipinski definition) is 2. The van der Waals surface area contributed by atoms with Gasteiger partial charge in [-0.15, -0.1) is 0 Å². The molecule has 7 heteroatoms. The molecule has 2 rings (SSSR count). The summed E-state index contributed by atoms with van der Waals surface area (Å²) in [5.41, 5.74) is 0.608. The van der Waals surface area contributed by atoms with E-state index in [1.807, 2.05) is 0 Å². The van der Waals surface area contributed by atoms with Crippen LogP contribution >= 0.6 is 11.6 Å². The van der Waals surface area contributed by atoms with Gasteiger partial charge in [0.1, 0.15) is 5.82 Å². The summed E-state index contributed by atoms with van der Waals surface area (Å²) >= 11 is 5.94. The molecule has 1 aromatic carbocycles. The van der Waals surface area contributed by atoms with E-state index < -0.39 is 17.9 Å². The third kappa shape index (κ3) is 5.18. The fourth-order valence-corrected chi connectivity index (χ4v) is 2.31. The molecular formula is C15H19ClFN3O2. The van der Waals surface area contributed by atoms with Gasteiger partial charge in [0.15, 0.2) is 0 Å². The van der Waals surface area contributed by atoms with Gasteiger partial charge in [-0.05, 0) is 43.4 Å². The topological polar surface area (TPSA) is 70.2 Å². The van der Waals surface area contributed by atoms with Gasteiger partial charge in [0, 0.05) is 11.6 Å². The van der Waals surface area contributed by atoms with Gasteiger partial charge < -0.3 is 16.0 Å². The van der Waals surface area contributed by atoms with Crippen molar-refractivity contribution < 1.29 is 14.0 Å². The van der Waals surface area contributed by atoms with E-state index in [9.17, 15) is 14.0 Å². The van der Waals surface area contributed by atoms with Crippen LogP contribution in [-0.4, -0.2) is 25.0 Å². The average Bonchev–Trinajstić information content (AvgIpc) is 3.26. The number of urea groups is 1. The van der Waals surface area contributed by atoms with Crippen molar-refractivity contribution in [2.75, 3.05) is 13.1 Å². The standard InChI is InChI=1S/C15H19ClFN3O2/c1-9(12-5-4-11(17)6-13(12)16)20-15(22)19-8-14(21)18-7-10-2-3-10/h4-6,9-10H,2-3,7-8H2,1H3,(H,18,21)(H2,19,20,22). The second-order valence-electron chi connectivity index (χ2n) is 5.46. The highest BCUT2D eigenvalue weighted by atomic mass is 35.5. The SMILES string of the molecule is CC(NC(=O)NCC(=O)NCC1CC1)c1ccc(F)cc1Cl. The molecule has 1 unspecified atom stereocenters. The lowest BCUT2D eigenvalue weighted by atomic mass is 10.1. The number of halogens is 2. The Kier molecular flexibility index (Phi) is 5.60. The Hall–Kier alpha value is -1.82. The van der Waals surface area contributed by atoms with Crippen LogP contribution in [0.5, 0.6) is 0 Å². The molecular weight excluding hydrogens is 309 g/mol. The molecule has 120 valence electrons. The quantitative estimate of drug-likeness (QED) is 0.750. The fraction of sp³-hybridized carbons (Fsp3) is 0.467. The van der Waals surface area contributed by atoms with Crippen LogP contribution in [0, 0.1) is 11.7 Å². The Bertz CT molecular complexity index is 564. The van der Waals surface area contributed by atoms with Crippen LogP contribution in [0.3, 0.4) is 0 Å². The highest BCUT2D eigenvalue weighted by Crippen LogP contribution is 2.27. The summed E-state index contributed by atoms with van der Waals surface area (Å²) in [6.45, 7) is 2.32. The van der Waals surface area contributed by atoms with Crippen molar-refractivity contribution in [1.82, 2.24) is 16.0 Å². The zero-order valence-corrected chi connectivity index (χ0v) is 13.0. The van der Waals surface area contributed by atoms with E-state index in [0.717, 1.165) is 12.8 Å². The number of hydrogen-bond donors (Lipinski definition) is 3. The van der Waals surface area contributed by atoms with E-state index in [1.165, 1.54) is 18.2 Å². The fourth-order valence-electron chi connectivity index (χ4n) is 1.98. The maximum Gasteiger partial charge on any atom is 0.315 e. The zero-order valence-electron chi connectivity index (χ0n) is 12.3. The molecule has 0 aromatic heterocycles. The lowest BCUT2D eigenvalue weighted by Gasteiger charge is -2.16. The molecule has 1 aliphatic carbocycles. The summed E-state index contributed by atoms with van der Waals surface area (Å²) in [4.78, 5) is 23.3. The molecule has 22 heavy (non-hydrogen) atoms. The summed E-state index contributed by atoms with van der Waals surface area (Å²) in [5.74, 6) is -0.0503.